The minimum absolute atomic E-state index is 0.0931. The highest BCUT2D eigenvalue weighted by Crippen LogP contribution is 2.29. The molecule has 0 bridgehead atoms. The van der Waals surface area contributed by atoms with Crippen molar-refractivity contribution in [3.05, 3.63) is 0 Å². The number of hydrogen-bond acceptors (Lipinski definition) is 2. The van der Waals surface area contributed by atoms with Gasteiger partial charge in [0.05, 0.1) is 6.04 Å². The summed E-state index contributed by atoms with van der Waals surface area (Å²) in [5, 5.41) is 0. The molecule has 0 spiro atoms. The van der Waals surface area contributed by atoms with Crippen LogP contribution in [0.4, 0.5) is 0 Å². The van der Waals surface area contributed by atoms with Crippen molar-refractivity contribution in [2.24, 2.45) is 11.1 Å². The van der Waals surface area contributed by atoms with Crippen molar-refractivity contribution in [1.29, 1.82) is 0 Å². The predicted octanol–water partition coefficient (Wildman–Crippen LogP) is 0.982. The van der Waals surface area contributed by atoms with Crippen LogP contribution in [-0.2, 0) is 4.79 Å². The molecule has 1 fully saturated rings. The number of carbonyl (C=O) groups excluding carboxylic acids is 1. The molecule has 1 amide bonds. The van der Waals surface area contributed by atoms with E-state index in [0.29, 0.717) is 5.41 Å². The molecule has 1 aliphatic heterocycles. The average Bonchev–Trinajstić information content (AvgIpc) is 2.03. The van der Waals surface area contributed by atoms with Crippen LogP contribution in [0.15, 0.2) is 0 Å². The Bertz CT molecular complexity index is 189. The first kappa shape index (κ1) is 10.5. The molecule has 0 aromatic carbocycles. The molecule has 1 aliphatic rings. The second-order valence-corrected chi connectivity index (χ2v) is 4.78. The monoisotopic (exact) mass is 184 g/mol. The van der Waals surface area contributed by atoms with E-state index in [1.165, 1.54) is 0 Å². The molecule has 1 atom stereocenters. The second-order valence-electron chi connectivity index (χ2n) is 4.78. The molecular formula is C10H20N2O. The summed E-state index contributed by atoms with van der Waals surface area (Å²) in [7, 11) is 0. The summed E-state index contributed by atoms with van der Waals surface area (Å²) < 4.78 is 0. The van der Waals surface area contributed by atoms with Crippen molar-refractivity contribution in [1.82, 2.24) is 4.90 Å². The van der Waals surface area contributed by atoms with Crippen LogP contribution in [0.5, 0.6) is 0 Å². The van der Waals surface area contributed by atoms with E-state index in [1.807, 2.05) is 4.90 Å². The fourth-order valence-electron chi connectivity index (χ4n) is 1.62. The first-order chi connectivity index (χ1) is 5.92. The Morgan fingerprint density at radius 1 is 1.38 bits per heavy atom. The topological polar surface area (TPSA) is 46.3 Å². The lowest BCUT2D eigenvalue weighted by Crippen LogP contribution is -2.47. The Morgan fingerprint density at radius 3 is 2.23 bits per heavy atom. The molecule has 0 radical (unpaired) electrons. The maximum Gasteiger partial charge on any atom is 0.239 e. The number of piperidine rings is 1. The van der Waals surface area contributed by atoms with E-state index >= 15 is 0 Å². The number of rotatable bonds is 1. The SMILES string of the molecule is CC(N)C(=O)N1CCC(C)(C)CC1. The van der Waals surface area contributed by atoms with Crippen molar-refractivity contribution in [2.45, 2.75) is 39.7 Å². The zero-order chi connectivity index (χ0) is 10.1. The molecule has 1 rings (SSSR count). The Hall–Kier alpha value is -0.570. The van der Waals surface area contributed by atoms with Gasteiger partial charge in [-0.15, -0.1) is 0 Å². The van der Waals surface area contributed by atoms with Gasteiger partial charge in [0.25, 0.3) is 0 Å². The first-order valence-electron chi connectivity index (χ1n) is 4.97. The molecule has 76 valence electrons. The van der Waals surface area contributed by atoms with E-state index in [0.717, 1.165) is 25.9 Å². The van der Waals surface area contributed by atoms with Gasteiger partial charge in [0.1, 0.15) is 0 Å². The Kier molecular flexibility index (Phi) is 2.96. The molecule has 0 saturated carbocycles. The molecule has 1 unspecified atom stereocenters. The van der Waals surface area contributed by atoms with Crippen LogP contribution < -0.4 is 5.73 Å². The van der Waals surface area contributed by atoms with Crippen LogP contribution in [0.3, 0.4) is 0 Å². The van der Waals surface area contributed by atoms with E-state index in [4.69, 9.17) is 5.73 Å². The summed E-state index contributed by atoms with van der Waals surface area (Å²) in [6.45, 7) is 7.99. The van der Waals surface area contributed by atoms with E-state index in [9.17, 15) is 4.79 Å². The summed E-state index contributed by atoms with van der Waals surface area (Å²) >= 11 is 0. The summed E-state index contributed by atoms with van der Waals surface area (Å²) in [6.07, 6.45) is 2.18. The number of carbonyl (C=O) groups is 1. The lowest BCUT2D eigenvalue weighted by atomic mass is 9.82. The number of nitrogens with two attached hydrogens (primary N) is 1. The van der Waals surface area contributed by atoms with Gasteiger partial charge < -0.3 is 10.6 Å². The lowest BCUT2D eigenvalue weighted by molar-refractivity contribution is -0.134. The molecule has 3 heteroatoms. The molecule has 3 nitrogen and oxygen atoms in total. The van der Waals surface area contributed by atoms with Crippen LogP contribution in [0.25, 0.3) is 0 Å². The smallest absolute Gasteiger partial charge is 0.239 e. The van der Waals surface area contributed by atoms with Crippen LogP contribution in [-0.4, -0.2) is 29.9 Å². The van der Waals surface area contributed by atoms with Crippen molar-refractivity contribution < 1.29 is 4.79 Å². The van der Waals surface area contributed by atoms with Gasteiger partial charge in [0.2, 0.25) is 5.91 Å². The second kappa shape index (κ2) is 3.66. The Morgan fingerprint density at radius 2 is 1.85 bits per heavy atom. The highest BCUT2D eigenvalue weighted by Gasteiger charge is 2.28. The molecule has 0 aromatic rings. The van der Waals surface area contributed by atoms with Gasteiger partial charge in [-0.3, -0.25) is 4.79 Å². The van der Waals surface area contributed by atoms with Gasteiger partial charge in [-0.25, -0.2) is 0 Å². The van der Waals surface area contributed by atoms with Gasteiger partial charge >= 0.3 is 0 Å². The van der Waals surface area contributed by atoms with Crippen LogP contribution >= 0.6 is 0 Å². The molecule has 0 aromatic heterocycles. The van der Waals surface area contributed by atoms with Gasteiger partial charge in [0.15, 0.2) is 0 Å². The molecular weight excluding hydrogens is 164 g/mol. The van der Waals surface area contributed by atoms with E-state index in [2.05, 4.69) is 13.8 Å². The van der Waals surface area contributed by atoms with Crippen molar-refractivity contribution in [3.63, 3.8) is 0 Å². The average molecular weight is 184 g/mol. The number of likely N-dealkylation sites (tertiary alicyclic amines) is 1. The zero-order valence-corrected chi connectivity index (χ0v) is 8.84. The third-order valence-corrected chi connectivity index (χ3v) is 2.82. The lowest BCUT2D eigenvalue weighted by Gasteiger charge is -2.37. The van der Waals surface area contributed by atoms with Crippen LogP contribution in [0.1, 0.15) is 33.6 Å². The van der Waals surface area contributed by atoms with Crippen LogP contribution in [0, 0.1) is 5.41 Å². The van der Waals surface area contributed by atoms with Crippen molar-refractivity contribution >= 4 is 5.91 Å². The standard InChI is InChI=1S/C10H20N2O/c1-8(11)9(13)12-6-4-10(2,3)5-7-12/h8H,4-7,11H2,1-3H3. The highest BCUT2D eigenvalue weighted by atomic mass is 16.2. The number of nitrogens with zero attached hydrogens (tertiary/aromatic N) is 1. The Labute approximate surface area is 80.3 Å². The summed E-state index contributed by atoms with van der Waals surface area (Å²) in [5.74, 6) is 0.0931. The highest BCUT2D eigenvalue weighted by molar-refractivity contribution is 5.81. The van der Waals surface area contributed by atoms with Gasteiger partial charge in [-0.2, -0.15) is 0 Å². The van der Waals surface area contributed by atoms with Crippen LogP contribution in [0.2, 0.25) is 0 Å². The third kappa shape index (κ3) is 2.69. The van der Waals surface area contributed by atoms with Crippen molar-refractivity contribution in [2.75, 3.05) is 13.1 Å². The van der Waals surface area contributed by atoms with Gasteiger partial charge in [-0.1, -0.05) is 13.8 Å². The molecule has 1 saturated heterocycles. The minimum Gasteiger partial charge on any atom is -0.341 e. The van der Waals surface area contributed by atoms with Crippen molar-refractivity contribution in [3.8, 4) is 0 Å². The fraction of sp³-hybridized carbons (Fsp3) is 0.900. The van der Waals surface area contributed by atoms with Gasteiger partial charge in [-0.05, 0) is 25.2 Å². The van der Waals surface area contributed by atoms with E-state index < -0.39 is 0 Å². The molecule has 13 heavy (non-hydrogen) atoms. The van der Waals surface area contributed by atoms with Gasteiger partial charge in [0, 0.05) is 13.1 Å². The largest absolute Gasteiger partial charge is 0.341 e. The zero-order valence-electron chi connectivity index (χ0n) is 8.84. The number of hydrogen-bond donors (Lipinski definition) is 1. The molecule has 0 aliphatic carbocycles. The van der Waals surface area contributed by atoms with E-state index in [-0.39, 0.29) is 11.9 Å². The summed E-state index contributed by atoms with van der Waals surface area (Å²) in [4.78, 5) is 13.4. The fourth-order valence-corrected chi connectivity index (χ4v) is 1.62. The molecule has 1 heterocycles. The number of amides is 1. The predicted molar refractivity (Wildman–Crippen MR) is 53.2 cm³/mol. The maximum atomic E-state index is 11.5. The first-order valence-corrected chi connectivity index (χ1v) is 4.97. The molecule has 2 N–H and O–H groups in total. The summed E-state index contributed by atoms with van der Waals surface area (Å²) in [6, 6.07) is -0.346. The maximum absolute atomic E-state index is 11.5. The normalized spacial score (nSPS) is 24.2. The van der Waals surface area contributed by atoms with E-state index in [1.54, 1.807) is 6.92 Å². The summed E-state index contributed by atoms with van der Waals surface area (Å²) in [5.41, 5.74) is 5.94. The minimum atomic E-state index is -0.346. The quantitative estimate of drug-likeness (QED) is 0.660. The third-order valence-electron chi connectivity index (χ3n) is 2.82. The Balaban J connectivity index is 2.46.